The molecule has 133 heavy (non-hydrogen) atoms. The van der Waals surface area contributed by atoms with Gasteiger partial charge in [0.15, 0.2) is 0 Å². The molecule has 0 radical (unpaired) electrons. The average molecular weight is 1880 g/mol. The van der Waals surface area contributed by atoms with E-state index in [-0.39, 0.29) is 75.0 Å². The van der Waals surface area contributed by atoms with Crippen molar-refractivity contribution in [1.82, 2.24) is 0 Å². The minimum atomic E-state index is -4.31. The number of hydrogen-bond donors (Lipinski definition) is 0. The van der Waals surface area contributed by atoms with E-state index in [1.54, 1.807) is 144 Å². The second kappa shape index (κ2) is 42.7. The highest BCUT2D eigenvalue weighted by Crippen LogP contribution is 2.34. The first kappa shape index (κ1) is 102. The molecule has 25 nitrogen and oxygen atoms in total. The van der Waals surface area contributed by atoms with Crippen LogP contribution in [0.5, 0.6) is 0 Å². The molecule has 0 aliphatic carbocycles. The normalized spacial score (nSPS) is 11.5. The summed E-state index contributed by atoms with van der Waals surface area (Å²) in [5.41, 5.74) is 53.4. The Balaban J connectivity index is 0.000000187. The molecule has 0 saturated heterocycles. The van der Waals surface area contributed by atoms with E-state index in [1.807, 2.05) is 179 Å². The molecule has 0 heterocycles. The van der Waals surface area contributed by atoms with Gasteiger partial charge in [0.1, 0.15) is 0 Å². The van der Waals surface area contributed by atoms with Crippen LogP contribution < -0.4 is 0 Å². The Morgan fingerprint density at radius 2 is 0.489 bits per heavy atom. The van der Waals surface area contributed by atoms with Crippen LogP contribution in [0.15, 0.2) is 304 Å². The second-order valence-electron chi connectivity index (χ2n) is 33.9. The van der Waals surface area contributed by atoms with Gasteiger partial charge in [-0.05, 0) is 200 Å². The van der Waals surface area contributed by atoms with Crippen molar-refractivity contribution in [2.45, 2.75) is 164 Å². The van der Waals surface area contributed by atoms with Gasteiger partial charge in [-0.15, -0.1) is 23.9 Å². The van der Waals surface area contributed by atoms with Crippen LogP contribution in [0.25, 0.3) is 60.0 Å². The summed E-state index contributed by atoms with van der Waals surface area (Å²) in [4.78, 5) is 77.8. The Morgan fingerprint density at radius 1 is 0.263 bits per heavy atom. The molecule has 0 unspecified atom stereocenters. The molecule has 0 aliphatic rings. The Kier molecular flexibility index (Phi) is 32.9. The topological polar surface area (TPSA) is 438 Å². The van der Waals surface area contributed by atoms with Crippen LogP contribution in [0.3, 0.4) is 0 Å². The van der Waals surface area contributed by atoms with E-state index in [0.29, 0.717) is 34.2 Å². The van der Waals surface area contributed by atoms with E-state index in [0.717, 1.165) is 60.1 Å². The van der Waals surface area contributed by atoms with Gasteiger partial charge < -0.3 is 27.7 Å². The summed E-state index contributed by atoms with van der Waals surface area (Å²) in [5.74, 6) is -3.98. The zero-order chi connectivity index (χ0) is 98.2. The molecule has 0 amide bonds. The van der Waals surface area contributed by atoms with Gasteiger partial charge in [0, 0.05) is 27.8 Å². The third kappa shape index (κ3) is 23.5. The fourth-order valence-corrected chi connectivity index (χ4v) is 21.1. The number of rotatable bonds is 18. The lowest BCUT2D eigenvalue weighted by atomic mass is 9.87. The van der Waals surface area contributed by atoms with Gasteiger partial charge in [-0.3, -0.25) is 24.0 Å². The summed E-state index contributed by atoms with van der Waals surface area (Å²) in [7, 11) is -21.4. The van der Waals surface area contributed by atoms with Crippen molar-refractivity contribution >= 4 is 136 Å². The van der Waals surface area contributed by atoms with Gasteiger partial charge >= 0.3 is 25.2 Å². The number of sulfone groups is 5. The predicted octanol–water partition coefficient (Wildman–Crippen LogP) is 20.3. The Morgan fingerprint density at radius 3 is 0.737 bits per heavy atom. The number of Topliss-reactive ketones (excluding diaryl/α,β-unsaturated/α-hetero) is 5. The summed E-state index contributed by atoms with van der Waals surface area (Å²) in [5, 5.41) is 0.731. The lowest BCUT2D eigenvalue weighted by Gasteiger charge is -2.20. The Labute approximate surface area is 774 Å². The molecule has 0 bridgehead atoms. The maximum atomic E-state index is 13.2. The van der Waals surface area contributed by atoms with Crippen molar-refractivity contribution in [2.75, 3.05) is 0 Å². The molecular weight excluding hydrogens is 1780 g/mol. The van der Waals surface area contributed by atoms with E-state index < -0.39 is 103 Å². The van der Waals surface area contributed by atoms with E-state index in [1.165, 1.54) is 66.7 Å². The first-order chi connectivity index (χ1) is 62.6. The minimum absolute atomic E-state index is 0.0224. The smallest absolute Gasteiger partial charge is 0.360 e. The van der Waals surface area contributed by atoms with Crippen LogP contribution in [-0.2, 0) is 66.4 Å². The maximum Gasteiger partial charge on any atom is 0.456 e. The second-order valence-corrected chi connectivity index (χ2v) is 43.0. The Hall–Kier alpha value is -14.4. The predicted molar refractivity (Wildman–Crippen MR) is 516 cm³/mol. The molecule has 13 aromatic carbocycles. The Bertz CT molecular complexity index is 7730. The van der Waals surface area contributed by atoms with Gasteiger partial charge in [0.05, 0.1) is 24.5 Å². The number of aryl methyl sites for hydroxylation is 6. The monoisotopic (exact) mass is 1870 g/mol. The van der Waals surface area contributed by atoms with E-state index in [2.05, 4.69) is 23.9 Å². The number of hydrogen-bond acceptors (Lipinski definition) is 15. The number of carbonyl (C=O) groups is 5. The van der Waals surface area contributed by atoms with Crippen LogP contribution in [0.4, 0.5) is 0 Å². The zero-order valence-electron chi connectivity index (χ0n) is 76.1. The third-order valence-corrected chi connectivity index (χ3v) is 30.8. The zero-order valence-corrected chi connectivity index (χ0v) is 80.1. The number of fused-ring (bicyclic) bond motifs is 3. The van der Waals surface area contributed by atoms with Gasteiger partial charge in [0.2, 0.25) is 0 Å². The third-order valence-electron chi connectivity index (χ3n) is 21.8. The van der Waals surface area contributed by atoms with Crippen molar-refractivity contribution in [3.63, 3.8) is 0 Å². The summed E-state index contributed by atoms with van der Waals surface area (Å²) >= 11 is 0. The van der Waals surface area contributed by atoms with Gasteiger partial charge in [0.25, 0.3) is 78.1 Å². The number of ketones is 5. The molecule has 680 valence electrons. The summed E-state index contributed by atoms with van der Waals surface area (Å²) in [6.45, 7) is 29.7. The number of benzene rings is 13. The molecule has 13 aromatic rings. The van der Waals surface area contributed by atoms with Crippen LogP contribution in [0.2, 0.25) is 0 Å². The van der Waals surface area contributed by atoms with Crippen LogP contribution in [0.1, 0.15) is 195 Å². The molecule has 0 spiro atoms. The van der Waals surface area contributed by atoms with Gasteiger partial charge in [-0.2, -0.15) is 0 Å². The maximum absolute atomic E-state index is 13.2. The largest absolute Gasteiger partial charge is 0.456 e. The fraction of sp³-hybridized carbons (Fsp3) is 0.204. The summed E-state index contributed by atoms with van der Waals surface area (Å²) in [6, 6.07) is 77.9. The molecule has 0 atom stereocenters. The van der Waals surface area contributed by atoms with E-state index >= 15 is 0 Å². The highest BCUT2D eigenvalue weighted by Gasteiger charge is 2.45. The molecule has 0 fully saturated rings. The van der Waals surface area contributed by atoms with Crippen molar-refractivity contribution < 1.29 is 90.0 Å². The highest BCUT2D eigenvalue weighted by atomic mass is 32.2. The molecule has 13 rings (SSSR count). The van der Waals surface area contributed by atoms with Crippen LogP contribution >= 0.6 is 0 Å². The van der Waals surface area contributed by atoms with Crippen molar-refractivity contribution in [2.24, 2.45) is 0 Å². The molecule has 0 saturated carbocycles. The lowest BCUT2D eigenvalue weighted by molar-refractivity contribution is -0.00176. The lowest BCUT2D eigenvalue weighted by Crippen LogP contribution is -2.27. The first-order valence-corrected chi connectivity index (χ1v) is 49.2. The molecular formula is C103H98N10O15S5. The van der Waals surface area contributed by atoms with Crippen molar-refractivity contribution in [1.29, 1.82) is 0 Å². The molecule has 0 aromatic heterocycles. The van der Waals surface area contributed by atoms with Crippen molar-refractivity contribution in [3.8, 4) is 0 Å². The standard InChI is InChI=1S/C23H22N2O3S.C22H20N2O3S.C21H18N2O3S.C19H20N2O3S.C18H18N2O3S/c1-15-9-12-19(23(2,3)4)14-20(15)29(27,28)22(25-24)21(26)18-11-10-16-7-5-6-8-17(16)13-18;1-14(2)17-9-8-15(3)20(13-17)28(26,27)22(24-23)21(25)19-11-10-16-6-4-5-7-18(16)12-19;1-3-15-9-8-14(2)19(12-15)27(25,26)21(23-22)20(24)18-11-10-16-6-4-5-7-17(16)13-18;1-13-10-11-15(19(2,3)4)12-16(13)25(23,24)18(21-20)17(22)14-8-6-5-7-9-14;1-12(2)15-10-9-13(3)16(11-15)24(22,23)18(20-19)17(21)14-7-5-4-6-8-14/h5-14H,1-4H3;4-14H,1-3H3;4-13H,3H2,1-2H3;5-12H,1-4H3;4-12H,1-3H3. The number of carbonyl (C=O) groups excluding carboxylic acids is 5. The van der Waals surface area contributed by atoms with Crippen molar-refractivity contribution in [3.05, 3.63) is 390 Å². The average Bonchev–Trinajstić information content (AvgIpc) is 0.814. The van der Waals surface area contributed by atoms with Gasteiger partial charge in [-0.25, -0.2) is 42.1 Å². The number of nitrogens with zero attached hydrogens (tertiary/aromatic N) is 10. The van der Waals surface area contributed by atoms with Crippen LogP contribution in [-0.4, -0.2) is 120 Å². The SMILES string of the molecule is CCc1ccc(C)c(S(=O)(=O)C(=[N+]=[N-])C(=O)c2ccc3ccccc3c2)c1.Cc1ccc(C(C)(C)C)cc1S(=O)(=O)C(=[N+]=[N-])C(=O)c1ccc2ccccc2c1.Cc1ccc(C(C)(C)C)cc1S(=O)(=O)C(=[N+]=[N-])C(=O)c1ccccc1.Cc1ccc(C(C)C)cc1S(=O)(=O)C(=[N+]=[N-])C(=O)c1ccc2ccccc2c1.Cc1ccc(C(C)C)cc1S(=O)(=O)C(=[N+]=[N-])C(=O)c1ccccc1. The fourth-order valence-electron chi connectivity index (χ4n) is 13.8. The summed E-state index contributed by atoms with van der Waals surface area (Å²) < 4.78 is 130. The quantitative estimate of drug-likeness (QED) is 0.0253. The highest BCUT2D eigenvalue weighted by molar-refractivity contribution is 8.09. The molecule has 0 aliphatic heterocycles. The van der Waals surface area contributed by atoms with E-state index in [9.17, 15) is 93.7 Å². The first-order valence-electron chi connectivity index (χ1n) is 41.8. The minimum Gasteiger partial charge on any atom is -0.360 e. The molecule has 30 heteroatoms. The summed E-state index contributed by atoms with van der Waals surface area (Å²) in [6.07, 6.45) is 0.646. The molecule has 0 N–H and O–H groups in total. The van der Waals surface area contributed by atoms with Crippen LogP contribution in [0, 0.1) is 34.6 Å². The van der Waals surface area contributed by atoms with Gasteiger partial charge in [-0.1, -0.05) is 307 Å². The van der Waals surface area contributed by atoms with E-state index in [4.69, 9.17) is 0 Å².